The van der Waals surface area contributed by atoms with Crippen LogP contribution in [0.3, 0.4) is 0 Å². The number of anilines is 1. The van der Waals surface area contributed by atoms with Gasteiger partial charge in [-0.05, 0) is 50.1 Å². The molecule has 100 valence electrons. The average molecular weight is 273 g/mol. The number of benzene rings is 1. The molecule has 3 nitrogen and oxygen atoms in total. The molecule has 0 bridgehead atoms. The lowest BCUT2D eigenvalue weighted by atomic mass is 9.99. The number of hydrogen-bond donors (Lipinski definition) is 2. The fraction of sp³-hybridized carbons (Fsp3) is 0.462. The van der Waals surface area contributed by atoms with E-state index >= 15 is 0 Å². The minimum Gasteiger partial charge on any atom is -0.326 e. The van der Waals surface area contributed by atoms with Gasteiger partial charge in [-0.15, -0.1) is 12.4 Å². The monoisotopic (exact) mass is 272 g/mol. The minimum atomic E-state index is -0.248. The van der Waals surface area contributed by atoms with Gasteiger partial charge in [0.1, 0.15) is 5.82 Å². The molecule has 1 amide bonds. The number of nitrogens with one attached hydrogen (secondary N) is 2. The lowest BCUT2D eigenvalue weighted by Crippen LogP contribution is -2.37. The van der Waals surface area contributed by atoms with E-state index in [1.165, 1.54) is 6.07 Å². The second kappa shape index (κ2) is 6.71. The molecule has 18 heavy (non-hydrogen) atoms. The van der Waals surface area contributed by atoms with Gasteiger partial charge in [0.25, 0.3) is 0 Å². The van der Waals surface area contributed by atoms with Crippen LogP contribution >= 0.6 is 12.4 Å². The van der Waals surface area contributed by atoms with Gasteiger partial charge in [-0.25, -0.2) is 4.39 Å². The molecule has 0 saturated carbocycles. The van der Waals surface area contributed by atoms with Gasteiger partial charge >= 0.3 is 0 Å². The number of amides is 1. The van der Waals surface area contributed by atoms with E-state index in [0.717, 1.165) is 25.9 Å². The van der Waals surface area contributed by atoms with Crippen LogP contribution in [0.25, 0.3) is 0 Å². The van der Waals surface area contributed by atoms with Crippen molar-refractivity contribution in [3.05, 3.63) is 29.6 Å². The van der Waals surface area contributed by atoms with Crippen molar-refractivity contribution in [1.82, 2.24) is 5.32 Å². The lowest BCUT2D eigenvalue weighted by Gasteiger charge is -2.21. The summed E-state index contributed by atoms with van der Waals surface area (Å²) in [6.45, 7) is 3.40. The molecule has 0 radical (unpaired) electrons. The van der Waals surface area contributed by atoms with Crippen molar-refractivity contribution in [2.24, 2.45) is 5.92 Å². The third-order valence-electron chi connectivity index (χ3n) is 3.09. The summed E-state index contributed by atoms with van der Waals surface area (Å²) in [5.74, 6) is -0.209. The van der Waals surface area contributed by atoms with Crippen molar-refractivity contribution in [2.75, 3.05) is 18.4 Å². The zero-order valence-corrected chi connectivity index (χ0v) is 11.1. The smallest absolute Gasteiger partial charge is 0.228 e. The SMILES string of the molecule is Cc1cc(NC(=O)[C@H]2CCCNC2)ccc1F.Cl. The van der Waals surface area contributed by atoms with Crippen LogP contribution in [0.4, 0.5) is 10.1 Å². The van der Waals surface area contributed by atoms with Crippen molar-refractivity contribution in [2.45, 2.75) is 19.8 Å². The summed E-state index contributed by atoms with van der Waals surface area (Å²) in [5, 5.41) is 6.04. The zero-order valence-electron chi connectivity index (χ0n) is 10.3. The molecule has 0 aliphatic carbocycles. The molecule has 1 aliphatic heterocycles. The predicted molar refractivity (Wildman–Crippen MR) is 72.6 cm³/mol. The molecule has 5 heteroatoms. The van der Waals surface area contributed by atoms with E-state index in [-0.39, 0.29) is 30.0 Å². The number of aryl methyl sites for hydroxylation is 1. The van der Waals surface area contributed by atoms with Gasteiger partial charge in [-0.2, -0.15) is 0 Å². The Morgan fingerprint density at radius 3 is 2.89 bits per heavy atom. The zero-order chi connectivity index (χ0) is 12.3. The maximum atomic E-state index is 13.1. The third kappa shape index (κ3) is 3.68. The van der Waals surface area contributed by atoms with Gasteiger partial charge in [0.2, 0.25) is 5.91 Å². The van der Waals surface area contributed by atoms with Crippen LogP contribution in [0, 0.1) is 18.7 Å². The van der Waals surface area contributed by atoms with Gasteiger partial charge in [0.15, 0.2) is 0 Å². The average Bonchev–Trinajstić information content (AvgIpc) is 2.35. The molecule has 1 aromatic carbocycles. The molecule has 1 saturated heterocycles. The Kier molecular flexibility index (Phi) is 5.56. The second-order valence-corrected chi connectivity index (χ2v) is 4.50. The van der Waals surface area contributed by atoms with Gasteiger partial charge in [0.05, 0.1) is 5.92 Å². The van der Waals surface area contributed by atoms with Crippen molar-refractivity contribution >= 4 is 24.0 Å². The van der Waals surface area contributed by atoms with Crippen LogP contribution in [0.15, 0.2) is 18.2 Å². The Hall–Kier alpha value is -1.13. The summed E-state index contributed by atoms with van der Waals surface area (Å²) >= 11 is 0. The lowest BCUT2D eigenvalue weighted by molar-refractivity contribution is -0.120. The van der Waals surface area contributed by atoms with Gasteiger partial charge < -0.3 is 10.6 Å². The molecular formula is C13H18ClFN2O. The largest absolute Gasteiger partial charge is 0.326 e. The highest BCUT2D eigenvalue weighted by Gasteiger charge is 2.20. The fourth-order valence-corrected chi connectivity index (χ4v) is 2.04. The Balaban J connectivity index is 0.00000162. The van der Waals surface area contributed by atoms with Crippen LogP contribution in [0.2, 0.25) is 0 Å². The van der Waals surface area contributed by atoms with Crippen molar-refractivity contribution in [3.8, 4) is 0 Å². The number of hydrogen-bond acceptors (Lipinski definition) is 2. The minimum absolute atomic E-state index is 0. The van der Waals surface area contributed by atoms with Crippen molar-refractivity contribution < 1.29 is 9.18 Å². The maximum Gasteiger partial charge on any atom is 0.228 e. The second-order valence-electron chi connectivity index (χ2n) is 4.50. The summed E-state index contributed by atoms with van der Waals surface area (Å²) in [6.07, 6.45) is 1.94. The maximum absolute atomic E-state index is 13.1. The van der Waals surface area contributed by atoms with E-state index in [9.17, 15) is 9.18 Å². The molecule has 1 heterocycles. The van der Waals surface area contributed by atoms with E-state index in [1.54, 1.807) is 19.1 Å². The van der Waals surface area contributed by atoms with E-state index in [4.69, 9.17) is 0 Å². The van der Waals surface area contributed by atoms with Crippen LogP contribution < -0.4 is 10.6 Å². The van der Waals surface area contributed by atoms with Crippen LogP contribution in [0.1, 0.15) is 18.4 Å². The van der Waals surface area contributed by atoms with E-state index in [1.807, 2.05) is 0 Å². The molecule has 0 unspecified atom stereocenters. The van der Waals surface area contributed by atoms with E-state index < -0.39 is 0 Å². The molecule has 0 spiro atoms. The highest BCUT2D eigenvalue weighted by Crippen LogP contribution is 2.16. The molecule has 1 aromatic rings. The van der Waals surface area contributed by atoms with Gasteiger partial charge in [-0.3, -0.25) is 4.79 Å². The summed E-state index contributed by atoms with van der Waals surface area (Å²) in [4.78, 5) is 11.9. The Labute approximate surface area is 113 Å². The molecule has 2 N–H and O–H groups in total. The first-order chi connectivity index (χ1) is 8.16. The quantitative estimate of drug-likeness (QED) is 0.869. The normalized spacial score (nSPS) is 18.9. The molecule has 1 aliphatic rings. The first-order valence-corrected chi connectivity index (χ1v) is 5.94. The fourth-order valence-electron chi connectivity index (χ4n) is 2.04. The van der Waals surface area contributed by atoms with Crippen LogP contribution in [0.5, 0.6) is 0 Å². The summed E-state index contributed by atoms with van der Waals surface area (Å²) < 4.78 is 13.1. The standard InChI is InChI=1S/C13H17FN2O.ClH/c1-9-7-11(4-5-12(9)14)16-13(17)10-3-2-6-15-8-10;/h4-5,7,10,15H,2-3,6,8H2,1H3,(H,16,17);1H/t10-;/m0./s1. The Morgan fingerprint density at radius 2 is 2.28 bits per heavy atom. The number of piperidine rings is 1. The summed E-state index contributed by atoms with van der Waals surface area (Å²) in [6, 6.07) is 4.63. The number of carbonyl (C=O) groups excluding carboxylic acids is 1. The first kappa shape index (κ1) is 14.9. The summed E-state index contributed by atoms with van der Waals surface area (Å²) in [7, 11) is 0. The third-order valence-corrected chi connectivity index (χ3v) is 3.09. The Bertz CT molecular complexity index is 419. The predicted octanol–water partition coefficient (Wildman–Crippen LogP) is 2.49. The van der Waals surface area contributed by atoms with E-state index in [0.29, 0.717) is 11.3 Å². The topological polar surface area (TPSA) is 41.1 Å². The highest BCUT2D eigenvalue weighted by atomic mass is 35.5. The van der Waals surface area contributed by atoms with Gasteiger partial charge in [0, 0.05) is 12.2 Å². The van der Waals surface area contributed by atoms with Gasteiger partial charge in [-0.1, -0.05) is 0 Å². The van der Waals surface area contributed by atoms with E-state index in [2.05, 4.69) is 10.6 Å². The molecule has 0 aromatic heterocycles. The van der Waals surface area contributed by atoms with Crippen LogP contribution in [-0.4, -0.2) is 19.0 Å². The number of halogens is 2. The van der Waals surface area contributed by atoms with Crippen molar-refractivity contribution in [3.63, 3.8) is 0 Å². The van der Waals surface area contributed by atoms with Crippen molar-refractivity contribution in [1.29, 1.82) is 0 Å². The summed E-state index contributed by atoms with van der Waals surface area (Å²) in [5.41, 5.74) is 1.21. The molecule has 1 fully saturated rings. The molecular weight excluding hydrogens is 255 g/mol. The Morgan fingerprint density at radius 1 is 1.50 bits per heavy atom. The molecule has 2 rings (SSSR count). The number of carbonyl (C=O) groups is 1. The van der Waals surface area contributed by atoms with Crippen LogP contribution in [-0.2, 0) is 4.79 Å². The number of rotatable bonds is 2. The first-order valence-electron chi connectivity index (χ1n) is 5.94. The highest BCUT2D eigenvalue weighted by molar-refractivity contribution is 5.92. The molecule has 1 atom stereocenters.